The molecule has 14 heavy (non-hydrogen) atoms. The van der Waals surface area contributed by atoms with Crippen molar-refractivity contribution in [2.45, 2.75) is 18.9 Å². The highest BCUT2D eigenvalue weighted by atomic mass is 35.5. The van der Waals surface area contributed by atoms with Crippen molar-refractivity contribution in [3.63, 3.8) is 0 Å². The summed E-state index contributed by atoms with van der Waals surface area (Å²) in [5, 5.41) is 3.27. The van der Waals surface area contributed by atoms with Crippen molar-refractivity contribution in [1.82, 2.24) is 14.9 Å². The fourth-order valence-corrected chi connectivity index (χ4v) is 1.73. The minimum absolute atomic E-state index is 0. The predicted octanol–water partition coefficient (Wildman–Crippen LogP) is 0.590. The van der Waals surface area contributed by atoms with E-state index >= 15 is 0 Å². The maximum absolute atomic E-state index is 11.3. The second kappa shape index (κ2) is 5.12. The largest absolute Gasteiger partial charge is 0.347 e. The zero-order valence-electron chi connectivity index (χ0n) is 7.85. The topological polar surface area (TPSA) is 46.9 Å². The molecular formula is C9H14ClN3O. The van der Waals surface area contributed by atoms with E-state index in [0.29, 0.717) is 6.04 Å². The molecule has 78 valence electrons. The smallest absolute Gasteiger partial charge is 0.317 e. The number of piperidine rings is 1. The van der Waals surface area contributed by atoms with Crippen molar-refractivity contribution in [1.29, 1.82) is 0 Å². The molecule has 0 atom stereocenters. The zero-order valence-corrected chi connectivity index (χ0v) is 8.67. The van der Waals surface area contributed by atoms with Crippen molar-refractivity contribution in [3.05, 3.63) is 28.9 Å². The zero-order chi connectivity index (χ0) is 9.10. The number of rotatable bonds is 1. The monoisotopic (exact) mass is 215 g/mol. The minimum Gasteiger partial charge on any atom is -0.317 e. The van der Waals surface area contributed by atoms with Gasteiger partial charge in [0, 0.05) is 18.4 Å². The molecule has 1 aliphatic heterocycles. The van der Waals surface area contributed by atoms with Gasteiger partial charge < -0.3 is 5.32 Å². The number of aromatic nitrogens is 2. The van der Waals surface area contributed by atoms with Gasteiger partial charge in [0.2, 0.25) is 0 Å². The summed E-state index contributed by atoms with van der Waals surface area (Å²) in [4.78, 5) is 15.1. The lowest BCUT2D eigenvalue weighted by atomic mass is 10.1. The first-order chi connectivity index (χ1) is 6.38. The van der Waals surface area contributed by atoms with Crippen LogP contribution in [0.5, 0.6) is 0 Å². The number of halogens is 1. The summed E-state index contributed by atoms with van der Waals surface area (Å²) in [6, 6.07) is 2.14. The van der Waals surface area contributed by atoms with Gasteiger partial charge in [-0.25, -0.2) is 9.78 Å². The average molecular weight is 216 g/mol. The Hall–Kier alpha value is -0.870. The Morgan fingerprint density at radius 1 is 1.43 bits per heavy atom. The van der Waals surface area contributed by atoms with E-state index in [1.54, 1.807) is 10.8 Å². The summed E-state index contributed by atoms with van der Waals surface area (Å²) >= 11 is 0. The number of nitrogens with one attached hydrogen (secondary N) is 1. The number of hydrogen-bond acceptors (Lipinski definition) is 3. The van der Waals surface area contributed by atoms with Crippen molar-refractivity contribution in [3.8, 4) is 0 Å². The van der Waals surface area contributed by atoms with Gasteiger partial charge in [-0.1, -0.05) is 0 Å². The fourth-order valence-electron chi connectivity index (χ4n) is 1.73. The molecule has 0 radical (unpaired) electrons. The molecule has 0 saturated carbocycles. The summed E-state index contributed by atoms with van der Waals surface area (Å²) in [6.45, 7) is 1.98. The second-order valence-electron chi connectivity index (χ2n) is 3.29. The highest BCUT2D eigenvalue weighted by Gasteiger charge is 2.15. The van der Waals surface area contributed by atoms with Gasteiger partial charge in [-0.15, -0.1) is 12.4 Å². The first-order valence-electron chi connectivity index (χ1n) is 4.62. The summed E-state index contributed by atoms with van der Waals surface area (Å²) < 4.78 is 1.74. The molecule has 1 aromatic rings. The highest BCUT2D eigenvalue weighted by molar-refractivity contribution is 5.85. The predicted molar refractivity (Wildman–Crippen MR) is 56.9 cm³/mol. The third kappa shape index (κ3) is 2.33. The van der Waals surface area contributed by atoms with Crippen LogP contribution in [0.25, 0.3) is 0 Å². The molecule has 1 fully saturated rings. The average Bonchev–Trinajstić information content (AvgIpc) is 2.20. The van der Waals surface area contributed by atoms with Crippen molar-refractivity contribution < 1.29 is 0 Å². The Morgan fingerprint density at radius 2 is 2.14 bits per heavy atom. The molecule has 1 N–H and O–H groups in total. The lowest BCUT2D eigenvalue weighted by molar-refractivity contribution is 0.357. The van der Waals surface area contributed by atoms with Crippen LogP contribution >= 0.6 is 12.4 Å². The second-order valence-corrected chi connectivity index (χ2v) is 3.29. The van der Waals surface area contributed by atoms with E-state index in [9.17, 15) is 4.79 Å². The normalized spacial score (nSPS) is 17.4. The molecule has 1 aliphatic rings. The summed E-state index contributed by atoms with van der Waals surface area (Å²) in [6.07, 6.45) is 5.41. The van der Waals surface area contributed by atoms with Crippen LogP contribution in [0.15, 0.2) is 23.3 Å². The molecule has 0 amide bonds. The molecule has 0 bridgehead atoms. The fraction of sp³-hybridized carbons (Fsp3) is 0.556. The third-order valence-electron chi connectivity index (χ3n) is 2.44. The Labute approximate surface area is 88.8 Å². The van der Waals surface area contributed by atoms with Crippen LogP contribution in [0.3, 0.4) is 0 Å². The maximum atomic E-state index is 11.3. The molecule has 0 aliphatic carbocycles. The van der Waals surface area contributed by atoms with E-state index in [1.165, 1.54) is 0 Å². The number of hydrogen-bond donors (Lipinski definition) is 1. The molecule has 1 aromatic heterocycles. The molecule has 2 heterocycles. The molecule has 5 heteroatoms. The van der Waals surface area contributed by atoms with E-state index in [1.807, 2.05) is 12.3 Å². The van der Waals surface area contributed by atoms with Crippen LogP contribution in [0.2, 0.25) is 0 Å². The summed E-state index contributed by atoms with van der Waals surface area (Å²) in [7, 11) is 0. The van der Waals surface area contributed by atoms with Crippen LogP contribution in [0.1, 0.15) is 18.9 Å². The molecule has 0 unspecified atom stereocenters. The number of nitrogens with zero attached hydrogens (tertiary/aromatic N) is 2. The molecule has 0 aromatic carbocycles. The Morgan fingerprint density at radius 3 is 2.79 bits per heavy atom. The summed E-state index contributed by atoms with van der Waals surface area (Å²) in [5.74, 6) is 0. The third-order valence-corrected chi connectivity index (χ3v) is 2.44. The van der Waals surface area contributed by atoms with Crippen LogP contribution < -0.4 is 11.0 Å². The first-order valence-corrected chi connectivity index (χ1v) is 4.62. The van der Waals surface area contributed by atoms with Crippen molar-refractivity contribution >= 4 is 12.4 Å². The van der Waals surface area contributed by atoms with E-state index < -0.39 is 0 Å². The van der Waals surface area contributed by atoms with Gasteiger partial charge in [0.1, 0.15) is 0 Å². The van der Waals surface area contributed by atoms with Crippen LogP contribution in [-0.2, 0) is 0 Å². The quantitative estimate of drug-likeness (QED) is 0.746. The Kier molecular flexibility index (Phi) is 4.10. The lowest BCUT2D eigenvalue weighted by Crippen LogP contribution is -2.34. The van der Waals surface area contributed by atoms with E-state index in [2.05, 4.69) is 10.3 Å². The van der Waals surface area contributed by atoms with Gasteiger partial charge in [0.25, 0.3) is 0 Å². The van der Waals surface area contributed by atoms with Crippen LogP contribution in [-0.4, -0.2) is 22.6 Å². The highest BCUT2D eigenvalue weighted by Crippen LogP contribution is 2.15. The molecule has 4 nitrogen and oxygen atoms in total. The SMILES string of the molecule is Cl.O=c1ncccn1C1CCNCC1. The van der Waals surface area contributed by atoms with Gasteiger partial charge in [-0.05, 0) is 32.0 Å². The van der Waals surface area contributed by atoms with Gasteiger partial charge in [-0.2, -0.15) is 0 Å². The van der Waals surface area contributed by atoms with Gasteiger partial charge in [0.15, 0.2) is 0 Å². The molecule has 1 saturated heterocycles. The van der Waals surface area contributed by atoms with Crippen molar-refractivity contribution in [2.75, 3.05) is 13.1 Å². The van der Waals surface area contributed by atoms with E-state index in [4.69, 9.17) is 0 Å². The Balaban J connectivity index is 0.000000980. The molecular weight excluding hydrogens is 202 g/mol. The van der Waals surface area contributed by atoms with Crippen molar-refractivity contribution in [2.24, 2.45) is 0 Å². The Bertz CT molecular complexity index is 333. The standard InChI is InChI=1S/C9H13N3O.ClH/c13-9-11-4-1-7-12(9)8-2-5-10-6-3-8;/h1,4,7-8,10H,2-3,5-6H2;1H. The van der Waals surface area contributed by atoms with Gasteiger partial charge in [0.05, 0.1) is 0 Å². The van der Waals surface area contributed by atoms with Gasteiger partial charge in [-0.3, -0.25) is 4.57 Å². The molecule has 0 spiro atoms. The van der Waals surface area contributed by atoms with E-state index in [0.717, 1.165) is 25.9 Å². The minimum atomic E-state index is -0.130. The maximum Gasteiger partial charge on any atom is 0.347 e. The van der Waals surface area contributed by atoms with E-state index in [-0.39, 0.29) is 18.1 Å². The van der Waals surface area contributed by atoms with Crippen LogP contribution in [0, 0.1) is 0 Å². The molecule has 2 rings (SSSR count). The lowest BCUT2D eigenvalue weighted by Gasteiger charge is -2.23. The summed E-state index contributed by atoms with van der Waals surface area (Å²) in [5.41, 5.74) is -0.130. The van der Waals surface area contributed by atoms with Crippen LogP contribution in [0.4, 0.5) is 0 Å². The first kappa shape index (κ1) is 11.2. The van der Waals surface area contributed by atoms with Gasteiger partial charge >= 0.3 is 5.69 Å².